The Labute approximate surface area is 150 Å². The summed E-state index contributed by atoms with van der Waals surface area (Å²) in [5.74, 6) is -2.66. The summed E-state index contributed by atoms with van der Waals surface area (Å²) >= 11 is 0. The molecular weight excluding hydrogens is 342 g/mol. The van der Waals surface area contributed by atoms with E-state index in [2.05, 4.69) is 15.3 Å². The molecule has 0 saturated carbocycles. The molecule has 7 N–H and O–H groups in total. The predicted octanol–water partition coefficient (Wildman–Crippen LogP) is -1.71. The van der Waals surface area contributed by atoms with Crippen LogP contribution < -0.4 is 16.4 Å². The number of primary amides is 2. The Kier molecular flexibility index (Phi) is 8.43. The number of hydrogen-bond donors (Lipinski definition) is 5. The van der Waals surface area contributed by atoms with Crippen LogP contribution in [0.3, 0.4) is 0 Å². The van der Waals surface area contributed by atoms with Gasteiger partial charge >= 0.3 is 11.9 Å². The summed E-state index contributed by atoms with van der Waals surface area (Å²) in [6.45, 7) is 3.50. The van der Waals surface area contributed by atoms with Crippen LogP contribution in [-0.2, 0) is 25.6 Å². The fraction of sp³-hybridized carbons (Fsp3) is 0.562. The molecule has 1 aromatic rings. The summed E-state index contributed by atoms with van der Waals surface area (Å²) in [5.41, 5.74) is 5.97. The van der Waals surface area contributed by atoms with E-state index in [4.69, 9.17) is 10.8 Å². The van der Waals surface area contributed by atoms with Crippen LogP contribution in [0, 0.1) is 5.92 Å². The van der Waals surface area contributed by atoms with Crippen molar-refractivity contribution in [3.63, 3.8) is 0 Å². The molecule has 0 radical (unpaired) electrons. The maximum absolute atomic E-state index is 12.6. The van der Waals surface area contributed by atoms with Crippen molar-refractivity contribution in [1.82, 2.24) is 15.3 Å². The molecule has 2 unspecified atom stereocenters. The van der Waals surface area contributed by atoms with Crippen LogP contribution in [0.4, 0.5) is 0 Å². The first-order chi connectivity index (χ1) is 12.2. The number of carboxylic acids is 1. The molecule has 2 atom stereocenters. The fourth-order valence-electron chi connectivity index (χ4n) is 2.41. The van der Waals surface area contributed by atoms with Gasteiger partial charge in [0.15, 0.2) is 6.04 Å². The highest BCUT2D eigenvalue weighted by Gasteiger charge is 2.30. The summed E-state index contributed by atoms with van der Waals surface area (Å²) in [7, 11) is 0. The second-order valence-electron chi connectivity index (χ2n) is 6.40. The van der Waals surface area contributed by atoms with E-state index in [0.29, 0.717) is 5.69 Å². The second-order valence-corrected chi connectivity index (χ2v) is 6.40. The normalized spacial score (nSPS) is 13.2. The molecule has 3 amide bonds. The summed E-state index contributed by atoms with van der Waals surface area (Å²) in [5, 5.41) is 12.5. The topological polar surface area (TPSA) is 172 Å². The monoisotopic (exact) mass is 368 g/mol. The van der Waals surface area contributed by atoms with Crippen LogP contribution in [0.5, 0.6) is 0 Å². The van der Waals surface area contributed by atoms with Crippen LogP contribution in [0.15, 0.2) is 12.5 Å². The number of H-pyrrole nitrogens is 1. The number of quaternary nitrogens is 1. The van der Waals surface area contributed by atoms with Gasteiger partial charge in [-0.2, -0.15) is 0 Å². The number of imidazole rings is 1. The van der Waals surface area contributed by atoms with Gasteiger partial charge in [0.1, 0.15) is 6.04 Å². The Morgan fingerprint density at radius 2 is 2.00 bits per heavy atom. The van der Waals surface area contributed by atoms with Crippen molar-refractivity contribution < 1.29 is 29.6 Å². The standard InChI is InChI=1S/C16H25N5O5/c1-9(2)14(15(17)25)21-16(26)11(6-10-7-18-8-19-10)20-12(22)4-3-5-13(23)24/h7-9,11,14H,3-6H2,1-2H3,(H2,17,25)(H,18,19)(H,20,22)(H,21,26)(H,23,24)/p+1. The SMILES string of the molecule is CC(C)C(NC(=O)C(Cc1cnc[nH]1)[NH2+]C(=O)CCCC(=O)O)C(N)=O. The lowest BCUT2D eigenvalue weighted by atomic mass is 10.0. The number of nitrogens with one attached hydrogen (secondary N) is 2. The number of carbonyl (C=O) groups is 4. The number of aromatic amines is 1. The first-order valence-electron chi connectivity index (χ1n) is 8.37. The number of amides is 3. The van der Waals surface area contributed by atoms with E-state index < -0.39 is 29.9 Å². The molecule has 0 spiro atoms. The lowest BCUT2D eigenvalue weighted by Crippen LogP contribution is -2.96. The van der Waals surface area contributed by atoms with Crippen molar-refractivity contribution in [2.45, 2.75) is 51.6 Å². The molecule has 0 aliphatic rings. The molecule has 10 heteroatoms. The van der Waals surface area contributed by atoms with Gasteiger partial charge in [-0.05, 0) is 12.3 Å². The number of carbonyl (C=O) groups excluding carboxylic acids is 3. The minimum atomic E-state index is -0.981. The van der Waals surface area contributed by atoms with E-state index in [-0.39, 0.29) is 37.5 Å². The van der Waals surface area contributed by atoms with Crippen molar-refractivity contribution in [1.29, 1.82) is 0 Å². The third kappa shape index (κ3) is 7.43. The zero-order chi connectivity index (χ0) is 19.7. The average Bonchev–Trinajstić information content (AvgIpc) is 3.03. The van der Waals surface area contributed by atoms with Crippen LogP contribution >= 0.6 is 0 Å². The van der Waals surface area contributed by atoms with E-state index in [1.54, 1.807) is 13.8 Å². The molecule has 10 nitrogen and oxygen atoms in total. The maximum atomic E-state index is 12.6. The Balaban J connectivity index is 2.76. The molecule has 1 aromatic heterocycles. The molecule has 26 heavy (non-hydrogen) atoms. The summed E-state index contributed by atoms with van der Waals surface area (Å²) < 4.78 is 0. The zero-order valence-electron chi connectivity index (χ0n) is 14.9. The first kappa shape index (κ1) is 21.3. The Bertz CT molecular complexity index is 629. The van der Waals surface area contributed by atoms with Crippen LogP contribution in [0.1, 0.15) is 38.8 Å². The number of carboxylic acid groups (broad SMARTS) is 1. The second kappa shape index (κ2) is 10.3. The van der Waals surface area contributed by atoms with Gasteiger partial charge in [0.2, 0.25) is 5.91 Å². The van der Waals surface area contributed by atoms with Crippen molar-refractivity contribution in [3.8, 4) is 0 Å². The van der Waals surface area contributed by atoms with E-state index in [1.807, 2.05) is 0 Å². The Hall–Kier alpha value is -2.75. The lowest BCUT2D eigenvalue weighted by molar-refractivity contribution is -0.592. The van der Waals surface area contributed by atoms with Crippen molar-refractivity contribution >= 4 is 23.7 Å². The number of nitrogens with two attached hydrogens (primary N) is 2. The Morgan fingerprint density at radius 3 is 2.50 bits per heavy atom. The van der Waals surface area contributed by atoms with E-state index >= 15 is 0 Å². The van der Waals surface area contributed by atoms with E-state index in [9.17, 15) is 19.2 Å². The molecular formula is C16H26N5O5+. The molecule has 1 rings (SSSR count). The van der Waals surface area contributed by atoms with Gasteiger partial charge in [0, 0.05) is 18.3 Å². The van der Waals surface area contributed by atoms with Gasteiger partial charge in [-0.25, -0.2) is 9.78 Å². The number of rotatable bonds is 11. The summed E-state index contributed by atoms with van der Waals surface area (Å²) in [4.78, 5) is 53.4. The number of aromatic nitrogens is 2. The molecule has 0 aliphatic heterocycles. The maximum Gasteiger partial charge on any atom is 0.311 e. The van der Waals surface area contributed by atoms with Crippen molar-refractivity contribution in [2.75, 3.05) is 0 Å². The fourth-order valence-corrected chi connectivity index (χ4v) is 2.41. The van der Waals surface area contributed by atoms with Gasteiger partial charge in [0.05, 0.1) is 19.2 Å². The van der Waals surface area contributed by atoms with Gasteiger partial charge in [-0.3, -0.25) is 19.7 Å². The van der Waals surface area contributed by atoms with Gasteiger partial charge in [-0.1, -0.05) is 13.8 Å². The lowest BCUT2D eigenvalue weighted by Gasteiger charge is -2.21. The minimum absolute atomic E-state index is 0.0302. The van der Waals surface area contributed by atoms with Gasteiger partial charge in [0.25, 0.3) is 5.91 Å². The highest BCUT2D eigenvalue weighted by molar-refractivity contribution is 5.89. The molecule has 0 aliphatic carbocycles. The zero-order valence-corrected chi connectivity index (χ0v) is 14.9. The first-order valence-corrected chi connectivity index (χ1v) is 8.37. The van der Waals surface area contributed by atoms with Gasteiger partial charge in [-0.15, -0.1) is 0 Å². The number of aliphatic carboxylic acids is 1. The summed E-state index contributed by atoms with van der Waals surface area (Å²) in [6.07, 6.45) is 3.30. The third-order valence-electron chi connectivity index (χ3n) is 3.80. The van der Waals surface area contributed by atoms with Gasteiger partial charge < -0.3 is 21.1 Å². The highest BCUT2D eigenvalue weighted by atomic mass is 16.4. The predicted molar refractivity (Wildman–Crippen MR) is 90.5 cm³/mol. The van der Waals surface area contributed by atoms with E-state index in [1.165, 1.54) is 17.8 Å². The molecule has 1 heterocycles. The van der Waals surface area contributed by atoms with Crippen LogP contribution in [0.25, 0.3) is 0 Å². The highest BCUT2D eigenvalue weighted by Crippen LogP contribution is 2.03. The largest absolute Gasteiger partial charge is 0.481 e. The van der Waals surface area contributed by atoms with Crippen LogP contribution in [-0.4, -0.2) is 50.8 Å². The average molecular weight is 368 g/mol. The molecule has 0 bridgehead atoms. The Morgan fingerprint density at radius 1 is 1.31 bits per heavy atom. The summed E-state index contributed by atoms with van der Waals surface area (Å²) in [6, 6.07) is -1.67. The van der Waals surface area contributed by atoms with E-state index in [0.717, 1.165) is 0 Å². The van der Waals surface area contributed by atoms with Crippen LogP contribution in [0.2, 0.25) is 0 Å². The van der Waals surface area contributed by atoms with Crippen molar-refractivity contribution in [3.05, 3.63) is 18.2 Å². The quantitative estimate of drug-likeness (QED) is 0.311. The number of hydrogen-bond acceptors (Lipinski definition) is 5. The molecule has 144 valence electrons. The van der Waals surface area contributed by atoms with Crippen molar-refractivity contribution in [2.24, 2.45) is 11.7 Å². The number of nitrogens with zero attached hydrogens (tertiary/aromatic N) is 1. The minimum Gasteiger partial charge on any atom is -0.481 e. The third-order valence-corrected chi connectivity index (χ3v) is 3.80. The molecule has 0 saturated heterocycles. The smallest absolute Gasteiger partial charge is 0.311 e. The molecule has 0 aromatic carbocycles. The molecule has 0 fully saturated rings.